The second kappa shape index (κ2) is 7.49. The Balaban J connectivity index is 1.74. The molecule has 0 spiro atoms. The highest BCUT2D eigenvalue weighted by molar-refractivity contribution is 5.65. The van der Waals surface area contributed by atoms with Crippen LogP contribution in [0.15, 0.2) is 24.3 Å². The number of nitrogens with one attached hydrogen (secondary N) is 2. The number of ether oxygens (including phenoxy) is 2. The van der Waals surface area contributed by atoms with Crippen molar-refractivity contribution in [3.05, 3.63) is 35.5 Å². The molecule has 3 rings (SSSR count). The van der Waals surface area contributed by atoms with Crippen molar-refractivity contribution in [3.63, 3.8) is 0 Å². The Morgan fingerprint density at radius 2 is 2.12 bits per heavy atom. The molecule has 0 bridgehead atoms. The van der Waals surface area contributed by atoms with Crippen molar-refractivity contribution < 1.29 is 9.47 Å². The number of aryl methyl sites for hydroxylation is 2. The van der Waals surface area contributed by atoms with Gasteiger partial charge < -0.3 is 20.1 Å². The van der Waals surface area contributed by atoms with Gasteiger partial charge in [-0.2, -0.15) is 4.98 Å². The van der Waals surface area contributed by atoms with E-state index in [0.717, 1.165) is 54.5 Å². The van der Waals surface area contributed by atoms with Crippen molar-refractivity contribution in [2.75, 3.05) is 30.9 Å². The van der Waals surface area contributed by atoms with Crippen LogP contribution in [0.5, 0.6) is 5.75 Å². The van der Waals surface area contributed by atoms with E-state index in [0.29, 0.717) is 5.95 Å². The summed E-state index contributed by atoms with van der Waals surface area (Å²) in [7, 11) is 1.66. The van der Waals surface area contributed by atoms with Gasteiger partial charge in [0, 0.05) is 24.9 Å². The molecular weight excluding hydrogens is 304 g/mol. The minimum atomic E-state index is 0.252. The lowest BCUT2D eigenvalue weighted by molar-refractivity contribution is 0.120. The molecule has 1 unspecified atom stereocenters. The maximum absolute atomic E-state index is 5.62. The fourth-order valence-corrected chi connectivity index (χ4v) is 2.78. The van der Waals surface area contributed by atoms with Crippen LogP contribution in [0.25, 0.3) is 0 Å². The van der Waals surface area contributed by atoms with Gasteiger partial charge in [-0.1, -0.05) is 6.07 Å². The van der Waals surface area contributed by atoms with Gasteiger partial charge in [-0.3, -0.25) is 0 Å². The van der Waals surface area contributed by atoms with Crippen molar-refractivity contribution in [2.24, 2.45) is 0 Å². The molecule has 128 valence electrons. The Morgan fingerprint density at radius 1 is 1.25 bits per heavy atom. The van der Waals surface area contributed by atoms with Gasteiger partial charge in [0.15, 0.2) is 0 Å². The summed E-state index contributed by atoms with van der Waals surface area (Å²) in [5.41, 5.74) is 2.94. The van der Waals surface area contributed by atoms with Gasteiger partial charge in [-0.05, 0) is 44.4 Å². The van der Waals surface area contributed by atoms with Crippen LogP contribution in [-0.2, 0) is 4.74 Å². The third kappa shape index (κ3) is 4.14. The Morgan fingerprint density at radius 3 is 2.88 bits per heavy atom. The number of nitrogens with zero attached hydrogens (tertiary/aromatic N) is 2. The predicted molar refractivity (Wildman–Crippen MR) is 95.2 cm³/mol. The minimum absolute atomic E-state index is 0.252. The summed E-state index contributed by atoms with van der Waals surface area (Å²) >= 11 is 0. The summed E-state index contributed by atoms with van der Waals surface area (Å²) in [5.74, 6) is 2.13. The standard InChI is InChI=1S/C18H24N4O2/c1-12-6-7-16(23-3)15(9-12)21-17-10-13(2)20-18(22-17)19-11-14-5-4-8-24-14/h6-7,9-10,14H,4-5,8,11H2,1-3H3,(H2,19,20,21,22). The lowest BCUT2D eigenvalue weighted by Gasteiger charge is -2.14. The summed E-state index contributed by atoms with van der Waals surface area (Å²) in [6.45, 7) is 5.58. The van der Waals surface area contributed by atoms with Gasteiger partial charge in [0.1, 0.15) is 11.6 Å². The lowest BCUT2D eigenvalue weighted by atomic mass is 10.2. The van der Waals surface area contributed by atoms with Crippen molar-refractivity contribution >= 4 is 17.5 Å². The van der Waals surface area contributed by atoms with Gasteiger partial charge >= 0.3 is 0 Å². The number of benzene rings is 1. The smallest absolute Gasteiger partial charge is 0.224 e. The first-order chi connectivity index (χ1) is 11.6. The summed E-state index contributed by atoms with van der Waals surface area (Å²) in [5, 5.41) is 6.60. The summed E-state index contributed by atoms with van der Waals surface area (Å²) in [6.07, 6.45) is 2.47. The van der Waals surface area contributed by atoms with E-state index < -0.39 is 0 Å². The monoisotopic (exact) mass is 328 g/mol. The van der Waals surface area contributed by atoms with E-state index in [1.165, 1.54) is 0 Å². The summed E-state index contributed by atoms with van der Waals surface area (Å²) in [4.78, 5) is 9.00. The van der Waals surface area contributed by atoms with Crippen LogP contribution in [0.4, 0.5) is 17.5 Å². The van der Waals surface area contributed by atoms with Crippen molar-refractivity contribution in [2.45, 2.75) is 32.8 Å². The molecule has 0 saturated carbocycles. The summed E-state index contributed by atoms with van der Waals surface area (Å²) in [6, 6.07) is 7.92. The molecule has 1 saturated heterocycles. The normalized spacial score (nSPS) is 16.9. The van der Waals surface area contributed by atoms with E-state index in [4.69, 9.17) is 9.47 Å². The van der Waals surface area contributed by atoms with E-state index >= 15 is 0 Å². The van der Waals surface area contributed by atoms with Crippen LogP contribution in [0.1, 0.15) is 24.1 Å². The first-order valence-electron chi connectivity index (χ1n) is 8.27. The molecule has 2 heterocycles. The quantitative estimate of drug-likeness (QED) is 0.847. The van der Waals surface area contributed by atoms with E-state index in [9.17, 15) is 0 Å². The number of hydrogen-bond donors (Lipinski definition) is 2. The van der Waals surface area contributed by atoms with Crippen LogP contribution in [-0.4, -0.2) is 36.3 Å². The summed E-state index contributed by atoms with van der Waals surface area (Å²) < 4.78 is 11.0. The second-order valence-corrected chi connectivity index (χ2v) is 6.06. The highest BCUT2D eigenvalue weighted by Gasteiger charge is 2.15. The van der Waals surface area contributed by atoms with E-state index in [1.54, 1.807) is 7.11 Å². The van der Waals surface area contributed by atoms with Crippen LogP contribution in [0.3, 0.4) is 0 Å². The van der Waals surface area contributed by atoms with Gasteiger partial charge in [0.2, 0.25) is 5.95 Å². The molecule has 24 heavy (non-hydrogen) atoms. The molecule has 6 nitrogen and oxygen atoms in total. The minimum Gasteiger partial charge on any atom is -0.495 e. The number of rotatable bonds is 6. The molecule has 1 atom stereocenters. The van der Waals surface area contributed by atoms with Gasteiger partial charge in [-0.25, -0.2) is 4.98 Å². The number of anilines is 3. The third-order valence-corrected chi connectivity index (χ3v) is 3.98. The SMILES string of the molecule is COc1ccc(C)cc1Nc1cc(C)nc(NCC2CCCO2)n1. The third-order valence-electron chi connectivity index (χ3n) is 3.98. The van der Waals surface area contributed by atoms with E-state index in [1.807, 2.05) is 38.1 Å². The Bertz CT molecular complexity index is 699. The highest BCUT2D eigenvalue weighted by atomic mass is 16.5. The Kier molecular flexibility index (Phi) is 5.15. The fourth-order valence-electron chi connectivity index (χ4n) is 2.78. The molecule has 6 heteroatoms. The maximum atomic E-state index is 5.62. The lowest BCUT2D eigenvalue weighted by Crippen LogP contribution is -2.20. The zero-order valence-corrected chi connectivity index (χ0v) is 14.4. The maximum Gasteiger partial charge on any atom is 0.224 e. The largest absolute Gasteiger partial charge is 0.495 e. The second-order valence-electron chi connectivity index (χ2n) is 6.06. The first-order valence-corrected chi connectivity index (χ1v) is 8.27. The van der Waals surface area contributed by atoms with E-state index in [-0.39, 0.29) is 6.10 Å². The molecule has 0 radical (unpaired) electrons. The fraction of sp³-hybridized carbons (Fsp3) is 0.444. The number of methoxy groups -OCH3 is 1. The average Bonchev–Trinajstić information content (AvgIpc) is 3.06. The highest BCUT2D eigenvalue weighted by Crippen LogP contribution is 2.28. The Labute approximate surface area is 142 Å². The Hall–Kier alpha value is -2.34. The van der Waals surface area contributed by atoms with Crippen LogP contribution in [0.2, 0.25) is 0 Å². The van der Waals surface area contributed by atoms with Crippen molar-refractivity contribution in [1.29, 1.82) is 0 Å². The van der Waals surface area contributed by atoms with Gasteiger partial charge in [-0.15, -0.1) is 0 Å². The van der Waals surface area contributed by atoms with Crippen LogP contribution < -0.4 is 15.4 Å². The molecular formula is C18H24N4O2. The molecule has 1 aromatic heterocycles. The number of hydrogen-bond acceptors (Lipinski definition) is 6. The van der Waals surface area contributed by atoms with Crippen molar-refractivity contribution in [1.82, 2.24) is 9.97 Å². The van der Waals surface area contributed by atoms with Crippen molar-refractivity contribution in [3.8, 4) is 5.75 Å². The zero-order chi connectivity index (χ0) is 16.9. The molecule has 0 aliphatic carbocycles. The first kappa shape index (κ1) is 16.5. The molecule has 1 aromatic carbocycles. The van der Waals surface area contributed by atoms with E-state index in [2.05, 4.69) is 20.6 Å². The van der Waals surface area contributed by atoms with Crippen LogP contribution >= 0.6 is 0 Å². The van der Waals surface area contributed by atoms with Gasteiger partial charge in [0.25, 0.3) is 0 Å². The van der Waals surface area contributed by atoms with Gasteiger partial charge in [0.05, 0.1) is 18.9 Å². The topological polar surface area (TPSA) is 68.3 Å². The zero-order valence-electron chi connectivity index (χ0n) is 14.4. The van der Waals surface area contributed by atoms with Crippen LogP contribution in [0, 0.1) is 13.8 Å². The predicted octanol–water partition coefficient (Wildman–Crippen LogP) is 3.44. The molecule has 1 aliphatic heterocycles. The molecule has 1 fully saturated rings. The number of aromatic nitrogens is 2. The molecule has 1 aliphatic rings. The molecule has 2 aromatic rings. The molecule has 2 N–H and O–H groups in total. The molecule has 0 amide bonds. The average molecular weight is 328 g/mol.